The molecule has 0 amide bonds. The zero-order valence-corrected chi connectivity index (χ0v) is 20.6. The van der Waals surface area contributed by atoms with Crippen molar-refractivity contribution in [1.82, 2.24) is 0 Å². The highest BCUT2D eigenvalue weighted by Gasteiger charge is 2.40. The van der Waals surface area contributed by atoms with E-state index in [1.807, 2.05) is 0 Å². The third-order valence-electron chi connectivity index (χ3n) is 6.41. The maximum atomic E-state index is 15.0. The van der Waals surface area contributed by atoms with E-state index in [0.29, 0.717) is 6.92 Å². The summed E-state index contributed by atoms with van der Waals surface area (Å²) in [6.45, 7) is 0.361. The van der Waals surface area contributed by atoms with E-state index in [0.717, 1.165) is 0 Å². The van der Waals surface area contributed by atoms with Gasteiger partial charge in [0.2, 0.25) is 17.5 Å². The fraction of sp³-hybridized carbons (Fsp3) is 0.0400. The van der Waals surface area contributed by atoms with Gasteiger partial charge in [-0.1, -0.05) is 0 Å². The summed E-state index contributed by atoms with van der Waals surface area (Å²) in [5.41, 5.74) is -16.8. The molecule has 0 aromatic heterocycles. The quantitative estimate of drug-likeness (QED) is 0.103. The summed E-state index contributed by atoms with van der Waals surface area (Å²) in [6, 6.07) is 0. The number of halogens is 15. The van der Waals surface area contributed by atoms with Crippen LogP contribution in [0.2, 0.25) is 0 Å². The molecule has 4 rings (SSSR count). The SMILES string of the molecule is Cc1c(B(O)O)c(-c2c(F)c(F)c(F)c(F)c2F)c(-c2c(F)c(F)c(F)c(F)c2F)c(O)c1-c1c(F)c(F)c(F)c(F)c1F. The third kappa shape index (κ3) is 4.35. The van der Waals surface area contributed by atoms with Crippen LogP contribution in [0.4, 0.5) is 65.9 Å². The summed E-state index contributed by atoms with van der Waals surface area (Å²) in [6.07, 6.45) is 0. The van der Waals surface area contributed by atoms with Gasteiger partial charge in [0.15, 0.2) is 69.8 Å². The lowest BCUT2D eigenvalue weighted by Gasteiger charge is -2.25. The number of hydrogen-bond acceptors (Lipinski definition) is 3. The fourth-order valence-corrected chi connectivity index (χ4v) is 4.48. The average molecular weight is 650 g/mol. The second-order valence-corrected chi connectivity index (χ2v) is 8.72. The van der Waals surface area contributed by atoms with Crippen LogP contribution in [0.5, 0.6) is 5.75 Å². The Bertz CT molecular complexity index is 1840. The molecule has 4 aromatic carbocycles. The Morgan fingerprint density at radius 1 is 0.341 bits per heavy atom. The first-order valence-electron chi connectivity index (χ1n) is 11.1. The number of rotatable bonds is 4. The van der Waals surface area contributed by atoms with E-state index in [2.05, 4.69) is 0 Å². The Labute approximate surface area is 233 Å². The second kappa shape index (κ2) is 11.0. The lowest BCUT2D eigenvalue weighted by Crippen LogP contribution is -2.36. The topological polar surface area (TPSA) is 60.7 Å². The first kappa shape index (κ1) is 32.5. The number of aromatic hydroxyl groups is 1. The van der Waals surface area contributed by atoms with Crippen LogP contribution in [-0.4, -0.2) is 22.3 Å². The number of phenols is 1. The van der Waals surface area contributed by atoms with Gasteiger partial charge in [-0.3, -0.25) is 0 Å². The monoisotopic (exact) mass is 650 g/mol. The Kier molecular flexibility index (Phi) is 8.10. The standard InChI is InChI=1S/C25H6BF15O3/c1-2-3(6-10(27)16(33)22(39)17(34)11(6)28)25(42)5(8-14(31)20(37)24(41)21(38)15(8)32)4(9(2)26(43)44)7-12(29)18(35)23(40)19(36)13(7)30/h42-44H,1H3. The summed E-state index contributed by atoms with van der Waals surface area (Å²) in [4.78, 5) is 0. The first-order chi connectivity index (χ1) is 20.3. The van der Waals surface area contributed by atoms with Crippen molar-refractivity contribution in [3.63, 3.8) is 0 Å². The Morgan fingerprint density at radius 3 is 0.841 bits per heavy atom. The van der Waals surface area contributed by atoms with Gasteiger partial charge in [0.05, 0.1) is 16.7 Å². The molecule has 0 unspecified atom stereocenters. The number of benzene rings is 4. The third-order valence-corrected chi connectivity index (χ3v) is 6.41. The molecule has 44 heavy (non-hydrogen) atoms. The normalized spacial score (nSPS) is 11.5. The van der Waals surface area contributed by atoms with Crippen LogP contribution in [0.1, 0.15) is 5.56 Å². The van der Waals surface area contributed by atoms with Crippen molar-refractivity contribution in [2.45, 2.75) is 6.92 Å². The molecule has 3 N–H and O–H groups in total. The van der Waals surface area contributed by atoms with Gasteiger partial charge in [-0.2, -0.15) is 0 Å². The van der Waals surface area contributed by atoms with Gasteiger partial charge in [-0.25, -0.2) is 65.9 Å². The molecule has 0 aliphatic rings. The molecule has 0 radical (unpaired) electrons. The molecular weight excluding hydrogens is 644 g/mol. The maximum absolute atomic E-state index is 15.0. The first-order valence-corrected chi connectivity index (χ1v) is 11.1. The van der Waals surface area contributed by atoms with Gasteiger partial charge >= 0.3 is 7.12 Å². The molecular formula is C25H6BF15O3. The fourth-order valence-electron chi connectivity index (χ4n) is 4.48. The highest BCUT2D eigenvalue weighted by Crippen LogP contribution is 2.50. The predicted octanol–water partition coefficient (Wildman–Crippen LogP) is 6.47. The molecule has 0 saturated carbocycles. The van der Waals surface area contributed by atoms with Crippen molar-refractivity contribution < 1.29 is 81.0 Å². The number of phenolic OH excluding ortho intramolecular Hbond substituents is 1. The van der Waals surface area contributed by atoms with Gasteiger partial charge in [0.1, 0.15) is 5.75 Å². The van der Waals surface area contributed by atoms with E-state index in [1.165, 1.54) is 0 Å². The Balaban J connectivity index is 2.48. The summed E-state index contributed by atoms with van der Waals surface area (Å²) in [7, 11) is -3.43. The molecule has 19 heteroatoms. The molecule has 0 heterocycles. The van der Waals surface area contributed by atoms with Crippen LogP contribution < -0.4 is 5.46 Å². The second-order valence-electron chi connectivity index (χ2n) is 8.72. The molecule has 3 nitrogen and oxygen atoms in total. The van der Waals surface area contributed by atoms with Crippen molar-refractivity contribution >= 4 is 12.6 Å². The summed E-state index contributed by atoms with van der Waals surface area (Å²) in [5.74, 6) is -45.7. The van der Waals surface area contributed by atoms with Crippen molar-refractivity contribution in [3.05, 3.63) is 92.8 Å². The van der Waals surface area contributed by atoms with Gasteiger partial charge in [-0.05, 0) is 23.5 Å². The van der Waals surface area contributed by atoms with Crippen molar-refractivity contribution in [2.75, 3.05) is 0 Å². The van der Waals surface area contributed by atoms with Crippen molar-refractivity contribution in [3.8, 4) is 39.1 Å². The van der Waals surface area contributed by atoms with Crippen LogP contribution >= 0.6 is 0 Å². The van der Waals surface area contributed by atoms with Crippen LogP contribution in [-0.2, 0) is 0 Å². The maximum Gasteiger partial charge on any atom is 0.489 e. The van der Waals surface area contributed by atoms with Gasteiger partial charge in [0.25, 0.3) is 0 Å². The number of hydrogen-bond donors (Lipinski definition) is 3. The molecule has 0 spiro atoms. The van der Waals surface area contributed by atoms with Crippen LogP contribution in [0.15, 0.2) is 0 Å². The van der Waals surface area contributed by atoms with Crippen LogP contribution in [0.3, 0.4) is 0 Å². The largest absolute Gasteiger partial charge is 0.507 e. The Morgan fingerprint density at radius 2 is 0.568 bits per heavy atom. The van der Waals surface area contributed by atoms with Gasteiger partial charge in [0, 0.05) is 11.1 Å². The van der Waals surface area contributed by atoms with E-state index in [-0.39, 0.29) is 0 Å². The minimum atomic E-state index is -3.43. The van der Waals surface area contributed by atoms with Gasteiger partial charge < -0.3 is 15.2 Å². The van der Waals surface area contributed by atoms with Crippen molar-refractivity contribution in [2.24, 2.45) is 0 Å². The highest BCUT2D eigenvalue weighted by molar-refractivity contribution is 6.62. The molecule has 0 atom stereocenters. The lowest BCUT2D eigenvalue weighted by molar-refractivity contribution is 0.379. The minimum Gasteiger partial charge on any atom is -0.507 e. The zero-order chi connectivity index (χ0) is 33.4. The Hall–Kier alpha value is -4.39. The van der Waals surface area contributed by atoms with Gasteiger partial charge in [-0.15, -0.1) is 0 Å². The van der Waals surface area contributed by atoms with E-state index in [1.54, 1.807) is 0 Å². The molecule has 0 saturated heterocycles. The lowest BCUT2D eigenvalue weighted by atomic mass is 9.68. The summed E-state index contributed by atoms with van der Waals surface area (Å²) < 4.78 is 216. The molecule has 0 aliphatic carbocycles. The minimum absolute atomic E-state index is 0.361. The van der Waals surface area contributed by atoms with E-state index in [9.17, 15) is 72.2 Å². The smallest absolute Gasteiger partial charge is 0.489 e. The average Bonchev–Trinajstić information content (AvgIpc) is 2.97. The van der Waals surface area contributed by atoms with E-state index in [4.69, 9.17) is 0 Å². The predicted molar refractivity (Wildman–Crippen MR) is 118 cm³/mol. The molecule has 232 valence electrons. The summed E-state index contributed by atoms with van der Waals surface area (Å²) >= 11 is 0. The summed E-state index contributed by atoms with van der Waals surface area (Å²) in [5, 5.41) is 31.0. The molecule has 0 bridgehead atoms. The zero-order valence-electron chi connectivity index (χ0n) is 20.6. The van der Waals surface area contributed by atoms with E-state index < -0.39 is 145 Å². The highest BCUT2D eigenvalue weighted by atomic mass is 19.2. The molecule has 0 aliphatic heterocycles. The van der Waals surface area contributed by atoms with Crippen molar-refractivity contribution in [1.29, 1.82) is 0 Å². The molecule has 4 aromatic rings. The van der Waals surface area contributed by atoms with E-state index >= 15 is 8.78 Å². The van der Waals surface area contributed by atoms with Crippen LogP contribution in [0, 0.1) is 94.2 Å². The molecule has 0 fully saturated rings. The van der Waals surface area contributed by atoms with Crippen LogP contribution in [0.25, 0.3) is 33.4 Å².